The number of unbranched alkanes of at least 4 members (excludes halogenated alkanes) is 2. The van der Waals surface area contributed by atoms with Crippen LogP contribution in [0.2, 0.25) is 0 Å². The van der Waals surface area contributed by atoms with E-state index in [2.05, 4.69) is 26.6 Å². The van der Waals surface area contributed by atoms with Crippen molar-refractivity contribution in [1.82, 2.24) is 26.6 Å². The molecule has 0 heterocycles. The van der Waals surface area contributed by atoms with Crippen LogP contribution in [0.3, 0.4) is 0 Å². The highest BCUT2D eigenvalue weighted by molar-refractivity contribution is 5.95. The zero-order chi connectivity index (χ0) is 37.0. The highest BCUT2D eigenvalue weighted by Crippen LogP contribution is 2.11. The van der Waals surface area contributed by atoms with Crippen LogP contribution in [-0.2, 0) is 38.3 Å². The number of aliphatic hydroxyl groups is 4. The molecule has 4 unspecified atom stereocenters. The zero-order valence-corrected chi connectivity index (χ0v) is 27.8. The summed E-state index contributed by atoms with van der Waals surface area (Å²) in [5.74, 6) is -7.11. The number of likely N-dealkylation sites (N-methyl/N-ethyl adjacent to an activating group) is 1. The van der Waals surface area contributed by atoms with Crippen LogP contribution in [0.1, 0.15) is 58.8 Å². The number of ether oxygens (including phenoxy) is 1. The lowest BCUT2D eigenvalue weighted by atomic mass is 9.94. The summed E-state index contributed by atoms with van der Waals surface area (Å²) >= 11 is 0. The average molecular weight is 693 g/mol. The molecular formula is C29H52N6O13. The van der Waals surface area contributed by atoms with E-state index in [-0.39, 0.29) is 38.8 Å². The van der Waals surface area contributed by atoms with Gasteiger partial charge in [-0.05, 0) is 52.1 Å². The van der Waals surface area contributed by atoms with Crippen LogP contribution in [0.4, 0.5) is 0 Å². The Morgan fingerprint density at radius 2 is 1.27 bits per heavy atom. The molecule has 0 aromatic carbocycles. The van der Waals surface area contributed by atoms with Crippen molar-refractivity contribution >= 4 is 41.4 Å². The number of ketones is 1. The van der Waals surface area contributed by atoms with Gasteiger partial charge in [0.1, 0.15) is 36.4 Å². The third-order valence-electron chi connectivity index (χ3n) is 7.09. The van der Waals surface area contributed by atoms with Crippen LogP contribution in [-0.4, -0.2) is 143 Å². The van der Waals surface area contributed by atoms with Crippen LogP contribution < -0.4 is 32.3 Å². The van der Waals surface area contributed by atoms with Gasteiger partial charge in [0.25, 0.3) is 5.91 Å². The summed E-state index contributed by atoms with van der Waals surface area (Å²) in [5, 5.41) is 61.3. The molecule has 0 aliphatic heterocycles. The van der Waals surface area contributed by atoms with Crippen molar-refractivity contribution in [2.24, 2.45) is 11.7 Å². The maximum absolute atomic E-state index is 13.2. The van der Waals surface area contributed by atoms with Gasteiger partial charge in [0.2, 0.25) is 17.7 Å². The number of hydrogen-bond donors (Lipinski definition) is 11. The predicted octanol–water partition coefficient (Wildman–Crippen LogP) is -4.61. The number of Topliss-reactive ketones (excluding diaryl/α,β-unsaturated/α-hetero) is 1. The van der Waals surface area contributed by atoms with Crippen LogP contribution >= 0.6 is 0 Å². The summed E-state index contributed by atoms with van der Waals surface area (Å²) in [6.07, 6.45) is -7.85. The molecule has 4 amide bonds. The Balaban J connectivity index is 5.34. The summed E-state index contributed by atoms with van der Waals surface area (Å²) in [4.78, 5) is 86.0. The number of carboxylic acid groups (broad SMARTS) is 1. The van der Waals surface area contributed by atoms with Crippen LogP contribution in [0.5, 0.6) is 0 Å². The van der Waals surface area contributed by atoms with Crippen LogP contribution in [0, 0.1) is 5.92 Å². The first-order chi connectivity index (χ1) is 22.5. The molecule has 0 radical (unpaired) electrons. The number of esters is 1. The Labute approximate surface area is 278 Å². The van der Waals surface area contributed by atoms with E-state index >= 15 is 0 Å². The first-order valence-corrected chi connectivity index (χ1v) is 15.6. The van der Waals surface area contributed by atoms with Gasteiger partial charge in [0, 0.05) is 12.5 Å². The molecule has 0 fully saturated rings. The Kier molecular flexibility index (Phi) is 21.7. The first-order valence-electron chi connectivity index (χ1n) is 15.6. The number of carboxylic acids is 1. The lowest BCUT2D eigenvalue weighted by Gasteiger charge is -2.26. The molecule has 0 rings (SSSR count). The van der Waals surface area contributed by atoms with Crippen molar-refractivity contribution in [2.75, 3.05) is 33.8 Å². The molecule has 0 aliphatic rings. The van der Waals surface area contributed by atoms with E-state index in [0.29, 0.717) is 19.4 Å². The smallest absolute Gasteiger partial charge is 0.328 e. The van der Waals surface area contributed by atoms with Crippen molar-refractivity contribution in [2.45, 2.75) is 101 Å². The average Bonchev–Trinajstić information content (AvgIpc) is 3.04. The van der Waals surface area contributed by atoms with E-state index in [1.54, 1.807) is 0 Å². The topological polar surface area (TPSA) is 316 Å². The number of carbonyl (C=O) groups excluding carboxylic acids is 6. The molecule has 0 spiro atoms. The number of carbonyl (C=O) groups is 7. The molecule has 0 saturated heterocycles. The fourth-order valence-corrected chi connectivity index (χ4v) is 4.32. The molecule has 0 aromatic heterocycles. The number of nitrogens with two attached hydrogens (primary N) is 1. The Hall–Kier alpha value is -3.75. The molecule has 19 nitrogen and oxygen atoms in total. The molecule has 12 N–H and O–H groups in total. The lowest BCUT2D eigenvalue weighted by molar-refractivity contribution is -0.155. The normalized spacial score (nSPS) is 15.5. The van der Waals surface area contributed by atoms with Crippen molar-refractivity contribution in [1.29, 1.82) is 0 Å². The number of aliphatic carboxylic acids is 1. The third kappa shape index (κ3) is 16.4. The summed E-state index contributed by atoms with van der Waals surface area (Å²) in [6, 6.07) is -3.92. The van der Waals surface area contributed by atoms with Crippen molar-refractivity contribution < 1.29 is 63.8 Å². The summed E-state index contributed by atoms with van der Waals surface area (Å²) in [5.41, 5.74) is 5.54. The largest absolute Gasteiger partial charge is 0.481 e. The molecule has 0 bridgehead atoms. The van der Waals surface area contributed by atoms with E-state index in [4.69, 9.17) is 10.5 Å². The maximum atomic E-state index is 13.2. The van der Waals surface area contributed by atoms with Crippen molar-refractivity contribution in [3.63, 3.8) is 0 Å². The fraction of sp³-hybridized carbons (Fsp3) is 0.759. The lowest BCUT2D eigenvalue weighted by Crippen LogP contribution is -2.56. The monoisotopic (exact) mass is 692 g/mol. The van der Waals surface area contributed by atoms with Gasteiger partial charge in [-0.1, -0.05) is 13.8 Å². The maximum Gasteiger partial charge on any atom is 0.328 e. The SMILES string of the molecule is CNCC(=O)N[C@@H](CC(=O)O)C(=O)N[C@@H](CCCCN)C(=O)N[C@@H](CCCCNC(=O)C(O)C(O)C(O)C(O)C(=O)C(C)C)C(=O)OC. The summed E-state index contributed by atoms with van der Waals surface area (Å²) in [6.45, 7) is 2.95. The van der Waals surface area contributed by atoms with E-state index in [0.717, 1.165) is 7.11 Å². The van der Waals surface area contributed by atoms with E-state index < -0.39 is 96.2 Å². The minimum Gasteiger partial charge on any atom is -0.481 e. The summed E-state index contributed by atoms with van der Waals surface area (Å²) < 4.78 is 4.77. The van der Waals surface area contributed by atoms with Gasteiger partial charge in [-0.3, -0.25) is 28.8 Å². The Morgan fingerprint density at radius 1 is 0.729 bits per heavy atom. The minimum absolute atomic E-state index is 0.00681. The second kappa shape index (κ2) is 23.6. The number of methoxy groups -OCH3 is 1. The van der Waals surface area contributed by atoms with Gasteiger partial charge < -0.3 is 62.6 Å². The number of amides is 4. The molecule has 0 aromatic rings. The number of aliphatic hydroxyl groups excluding tert-OH is 4. The van der Waals surface area contributed by atoms with E-state index in [1.807, 2.05) is 0 Å². The van der Waals surface area contributed by atoms with Gasteiger partial charge in [-0.25, -0.2) is 4.79 Å². The molecule has 48 heavy (non-hydrogen) atoms. The Morgan fingerprint density at radius 3 is 1.81 bits per heavy atom. The Bertz CT molecular complexity index is 1080. The first kappa shape index (κ1) is 44.2. The van der Waals surface area contributed by atoms with E-state index in [1.165, 1.54) is 20.9 Å². The van der Waals surface area contributed by atoms with Crippen LogP contribution in [0.25, 0.3) is 0 Å². The minimum atomic E-state index is -2.17. The fourth-order valence-electron chi connectivity index (χ4n) is 4.32. The standard InChI is InChI=1S/C29H52N6O13/c1-15(2)21(39)22(40)23(41)24(42)25(43)28(46)32-12-8-6-10-17(29(47)48-4)35-26(44)16(9-5-7-11-30)34-27(45)18(13-20(37)38)33-19(36)14-31-3/h15-18,22-25,31,40-43H,5-14,30H2,1-4H3,(H,32,46)(H,33,36)(H,34,45)(H,35,44)(H,37,38)/t16-,17-,18-,22?,23?,24?,25?/m0/s1. The van der Waals surface area contributed by atoms with Gasteiger partial charge in [0.05, 0.1) is 20.1 Å². The molecule has 276 valence electrons. The van der Waals surface area contributed by atoms with Gasteiger partial charge in [-0.15, -0.1) is 0 Å². The zero-order valence-electron chi connectivity index (χ0n) is 27.8. The molecule has 0 aliphatic carbocycles. The molecular weight excluding hydrogens is 640 g/mol. The second-order valence-corrected chi connectivity index (χ2v) is 11.4. The molecule has 19 heteroatoms. The van der Waals surface area contributed by atoms with E-state index in [9.17, 15) is 59.1 Å². The highest BCUT2D eigenvalue weighted by atomic mass is 16.5. The van der Waals surface area contributed by atoms with Gasteiger partial charge in [0.15, 0.2) is 11.9 Å². The van der Waals surface area contributed by atoms with Gasteiger partial charge in [-0.2, -0.15) is 0 Å². The second-order valence-electron chi connectivity index (χ2n) is 11.4. The quantitative estimate of drug-likeness (QED) is 0.0317. The van der Waals surface area contributed by atoms with Crippen molar-refractivity contribution in [3.05, 3.63) is 0 Å². The molecule has 7 atom stereocenters. The number of hydrogen-bond acceptors (Lipinski definition) is 14. The predicted molar refractivity (Wildman–Crippen MR) is 168 cm³/mol. The van der Waals surface area contributed by atoms with Crippen molar-refractivity contribution in [3.8, 4) is 0 Å². The number of rotatable bonds is 25. The van der Waals surface area contributed by atoms with Crippen LogP contribution in [0.15, 0.2) is 0 Å². The third-order valence-corrected chi connectivity index (χ3v) is 7.09. The highest BCUT2D eigenvalue weighted by Gasteiger charge is 2.38. The number of nitrogens with one attached hydrogen (secondary N) is 5. The summed E-state index contributed by atoms with van der Waals surface area (Å²) in [7, 11) is 2.58. The van der Waals surface area contributed by atoms with Gasteiger partial charge >= 0.3 is 11.9 Å². The molecule has 0 saturated carbocycles.